The monoisotopic (exact) mass is 286 g/mol. The number of hydrogen-bond acceptors (Lipinski definition) is 5. The highest BCUT2D eigenvalue weighted by molar-refractivity contribution is 5.52. The Morgan fingerprint density at radius 1 is 1.33 bits per heavy atom. The predicted molar refractivity (Wildman–Crippen MR) is 83.3 cm³/mol. The predicted octanol–water partition coefficient (Wildman–Crippen LogP) is 3.18. The molecule has 6 heteroatoms. The van der Waals surface area contributed by atoms with Crippen LogP contribution in [0.3, 0.4) is 0 Å². The number of anilines is 2. The van der Waals surface area contributed by atoms with Crippen LogP contribution in [0.5, 0.6) is 0 Å². The van der Waals surface area contributed by atoms with Gasteiger partial charge in [-0.3, -0.25) is 10.1 Å². The molecular formula is C15H18N4O2. The Balaban J connectivity index is 1.93. The quantitative estimate of drug-likeness (QED) is 0.628. The molecule has 3 N–H and O–H groups in total. The van der Waals surface area contributed by atoms with Gasteiger partial charge in [-0.2, -0.15) is 0 Å². The maximum absolute atomic E-state index is 10.8. The Bertz CT molecular complexity index is 616. The summed E-state index contributed by atoms with van der Waals surface area (Å²) in [5.41, 5.74) is 6.78. The largest absolute Gasteiger partial charge is 0.383 e. The highest BCUT2D eigenvalue weighted by Crippen LogP contribution is 2.21. The zero-order chi connectivity index (χ0) is 15.2. The normalized spacial score (nSPS) is 11.9. The van der Waals surface area contributed by atoms with E-state index in [1.165, 1.54) is 17.7 Å². The number of benzene rings is 1. The lowest BCUT2D eigenvalue weighted by atomic mass is 9.98. The van der Waals surface area contributed by atoms with Crippen molar-refractivity contribution in [1.29, 1.82) is 0 Å². The maximum atomic E-state index is 10.8. The van der Waals surface area contributed by atoms with Gasteiger partial charge in [0.15, 0.2) is 0 Å². The van der Waals surface area contributed by atoms with Crippen LogP contribution in [-0.4, -0.2) is 16.5 Å². The summed E-state index contributed by atoms with van der Waals surface area (Å²) in [6.07, 6.45) is 0.897. The number of nitro groups is 1. The number of nitrogens with two attached hydrogens (primary N) is 1. The summed E-state index contributed by atoms with van der Waals surface area (Å²) >= 11 is 0. The smallest absolute Gasteiger partial charge is 0.276 e. The molecule has 110 valence electrons. The van der Waals surface area contributed by atoms with Crippen LogP contribution in [0.15, 0.2) is 42.5 Å². The number of pyridine rings is 1. The lowest BCUT2D eigenvalue weighted by molar-refractivity contribution is -0.384. The first-order chi connectivity index (χ1) is 10.1. The fourth-order valence-electron chi connectivity index (χ4n) is 2.10. The average molecular weight is 286 g/mol. The molecule has 0 saturated heterocycles. The van der Waals surface area contributed by atoms with Crippen molar-refractivity contribution in [2.24, 2.45) is 0 Å². The number of nitrogens with zero attached hydrogens (tertiary/aromatic N) is 2. The van der Waals surface area contributed by atoms with Crippen molar-refractivity contribution in [1.82, 2.24) is 4.98 Å². The Hall–Kier alpha value is -2.63. The van der Waals surface area contributed by atoms with Gasteiger partial charge in [-0.15, -0.1) is 0 Å². The van der Waals surface area contributed by atoms with Gasteiger partial charge in [0.1, 0.15) is 11.6 Å². The molecule has 2 aromatic rings. The van der Waals surface area contributed by atoms with E-state index in [4.69, 9.17) is 5.73 Å². The van der Waals surface area contributed by atoms with Gasteiger partial charge in [0, 0.05) is 6.54 Å². The van der Waals surface area contributed by atoms with Crippen LogP contribution in [0.25, 0.3) is 0 Å². The number of nitrogen functional groups attached to an aromatic ring is 1. The van der Waals surface area contributed by atoms with E-state index in [1.807, 2.05) is 18.2 Å². The SMILES string of the molecule is CC(CCNc1cc([N+](=O)[O-])cc(N)n1)c1ccccc1. The molecule has 2 rings (SSSR count). The zero-order valence-electron chi connectivity index (χ0n) is 11.8. The van der Waals surface area contributed by atoms with Crippen LogP contribution in [0.2, 0.25) is 0 Å². The highest BCUT2D eigenvalue weighted by Gasteiger charge is 2.10. The Labute approximate surface area is 123 Å². The molecule has 21 heavy (non-hydrogen) atoms. The molecule has 0 aliphatic rings. The standard InChI is InChI=1S/C15H18N4O2/c1-11(12-5-3-2-4-6-12)7-8-17-15-10-13(19(20)21)9-14(16)18-15/h2-6,9-11H,7-8H2,1H3,(H3,16,17,18). The molecular weight excluding hydrogens is 268 g/mol. The minimum Gasteiger partial charge on any atom is -0.383 e. The lowest BCUT2D eigenvalue weighted by Gasteiger charge is -2.12. The van der Waals surface area contributed by atoms with E-state index in [0.29, 0.717) is 18.3 Å². The summed E-state index contributed by atoms with van der Waals surface area (Å²) in [5, 5.41) is 13.9. The van der Waals surface area contributed by atoms with Gasteiger partial charge < -0.3 is 11.1 Å². The third kappa shape index (κ3) is 4.17. The van der Waals surface area contributed by atoms with Gasteiger partial charge in [0.25, 0.3) is 5.69 Å². The molecule has 0 aliphatic heterocycles. The Morgan fingerprint density at radius 3 is 2.71 bits per heavy atom. The second-order valence-electron chi connectivity index (χ2n) is 4.92. The molecule has 0 saturated carbocycles. The van der Waals surface area contributed by atoms with Crippen molar-refractivity contribution in [2.75, 3.05) is 17.6 Å². The van der Waals surface area contributed by atoms with Gasteiger partial charge in [-0.25, -0.2) is 4.98 Å². The summed E-state index contributed by atoms with van der Waals surface area (Å²) in [7, 11) is 0. The molecule has 0 bridgehead atoms. The summed E-state index contributed by atoms with van der Waals surface area (Å²) < 4.78 is 0. The molecule has 1 heterocycles. The second kappa shape index (κ2) is 6.69. The summed E-state index contributed by atoms with van der Waals surface area (Å²) in [4.78, 5) is 14.3. The molecule has 1 aromatic heterocycles. The van der Waals surface area contributed by atoms with Gasteiger partial charge in [0.05, 0.1) is 17.1 Å². The second-order valence-corrected chi connectivity index (χ2v) is 4.92. The average Bonchev–Trinajstić information content (AvgIpc) is 2.47. The van der Waals surface area contributed by atoms with E-state index < -0.39 is 4.92 Å². The van der Waals surface area contributed by atoms with Crippen molar-refractivity contribution in [2.45, 2.75) is 19.3 Å². The van der Waals surface area contributed by atoms with E-state index in [2.05, 4.69) is 29.4 Å². The fourth-order valence-corrected chi connectivity index (χ4v) is 2.10. The minimum atomic E-state index is -0.476. The Morgan fingerprint density at radius 2 is 2.05 bits per heavy atom. The summed E-state index contributed by atoms with van der Waals surface area (Å²) in [5.74, 6) is 0.972. The van der Waals surface area contributed by atoms with Crippen LogP contribution in [0, 0.1) is 10.1 Å². The van der Waals surface area contributed by atoms with E-state index in [0.717, 1.165) is 6.42 Å². The molecule has 0 spiro atoms. The van der Waals surface area contributed by atoms with E-state index >= 15 is 0 Å². The van der Waals surface area contributed by atoms with Crippen molar-refractivity contribution in [3.8, 4) is 0 Å². The summed E-state index contributed by atoms with van der Waals surface area (Å²) in [6.45, 7) is 2.82. The number of hydrogen-bond donors (Lipinski definition) is 2. The molecule has 1 unspecified atom stereocenters. The first kappa shape index (κ1) is 14.8. The number of rotatable bonds is 6. The fraction of sp³-hybridized carbons (Fsp3) is 0.267. The van der Waals surface area contributed by atoms with Gasteiger partial charge in [-0.05, 0) is 17.9 Å². The highest BCUT2D eigenvalue weighted by atomic mass is 16.6. The number of aromatic nitrogens is 1. The van der Waals surface area contributed by atoms with Crippen LogP contribution >= 0.6 is 0 Å². The van der Waals surface area contributed by atoms with Crippen LogP contribution in [0.1, 0.15) is 24.8 Å². The molecule has 1 aromatic carbocycles. The molecule has 0 amide bonds. The van der Waals surface area contributed by atoms with E-state index in [1.54, 1.807) is 0 Å². The molecule has 0 aliphatic carbocycles. The molecule has 1 atom stereocenters. The van der Waals surface area contributed by atoms with E-state index in [9.17, 15) is 10.1 Å². The van der Waals surface area contributed by atoms with E-state index in [-0.39, 0.29) is 11.5 Å². The summed E-state index contributed by atoms with van der Waals surface area (Å²) in [6, 6.07) is 12.8. The van der Waals surface area contributed by atoms with Gasteiger partial charge in [0.2, 0.25) is 0 Å². The topological polar surface area (TPSA) is 94.1 Å². The maximum Gasteiger partial charge on any atom is 0.276 e. The first-order valence-corrected chi connectivity index (χ1v) is 6.77. The van der Waals surface area contributed by atoms with Crippen LogP contribution in [0.4, 0.5) is 17.3 Å². The Kier molecular flexibility index (Phi) is 4.71. The van der Waals surface area contributed by atoms with Crippen LogP contribution < -0.4 is 11.1 Å². The van der Waals surface area contributed by atoms with Gasteiger partial charge >= 0.3 is 0 Å². The molecule has 0 fully saturated rings. The van der Waals surface area contributed by atoms with Crippen molar-refractivity contribution in [3.63, 3.8) is 0 Å². The zero-order valence-corrected chi connectivity index (χ0v) is 11.8. The van der Waals surface area contributed by atoms with Gasteiger partial charge in [-0.1, -0.05) is 37.3 Å². The number of nitrogens with one attached hydrogen (secondary N) is 1. The lowest BCUT2D eigenvalue weighted by Crippen LogP contribution is -2.08. The minimum absolute atomic E-state index is 0.0545. The third-order valence-corrected chi connectivity index (χ3v) is 3.29. The molecule has 6 nitrogen and oxygen atoms in total. The third-order valence-electron chi connectivity index (χ3n) is 3.29. The molecule has 0 radical (unpaired) electrons. The van der Waals surface area contributed by atoms with Crippen LogP contribution in [-0.2, 0) is 0 Å². The van der Waals surface area contributed by atoms with Crippen molar-refractivity contribution >= 4 is 17.3 Å². The van der Waals surface area contributed by atoms with Crippen molar-refractivity contribution < 1.29 is 4.92 Å². The first-order valence-electron chi connectivity index (χ1n) is 6.77. The van der Waals surface area contributed by atoms with Crippen molar-refractivity contribution in [3.05, 3.63) is 58.1 Å².